The van der Waals surface area contributed by atoms with Gasteiger partial charge in [-0.15, -0.1) is 0 Å². The summed E-state index contributed by atoms with van der Waals surface area (Å²) in [5.74, 6) is -0.118. The summed E-state index contributed by atoms with van der Waals surface area (Å²) in [6, 6.07) is 7.02. The molecule has 1 aliphatic carbocycles. The summed E-state index contributed by atoms with van der Waals surface area (Å²) in [4.78, 5) is 35.7. The molecule has 0 aliphatic heterocycles. The summed E-state index contributed by atoms with van der Waals surface area (Å²) in [5, 5.41) is 8.35. The highest BCUT2D eigenvalue weighted by molar-refractivity contribution is 9.10. The monoisotopic (exact) mass is 423 g/mol. The molecule has 0 unspecified atom stereocenters. The lowest BCUT2D eigenvalue weighted by molar-refractivity contribution is -0.126. The smallest absolute Gasteiger partial charge is 0.251 e. The van der Waals surface area contributed by atoms with Crippen LogP contribution in [0.4, 0.5) is 0 Å². The SMILES string of the molecule is O=C(CCNC(=O)c1ccc(Br)cc1)NCCNC(=O)C1CCCCC1. The Balaban J connectivity index is 1.54. The Morgan fingerprint density at radius 3 is 2.23 bits per heavy atom. The van der Waals surface area contributed by atoms with E-state index in [0.717, 1.165) is 30.2 Å². The lowest BCUT2D eigenvalue weighted by Gasteiger charge is -2.20. The molecule has 6 nitrogen and oxygen atoms in total. The molecule has 26 heavy (non-hydrogen) atoms. The summed E-state index contributed by atoms with van der Waals surface area (Å²) in [6.07, 6.45) is 5.62. The van der Waals surface area contributed by atoms with Gasteiger partial charge in [0, 0.05) is 42.0 Å². The number of benzene rings is 1. The normalized spacial score (nSPS) is 14.5. The summed E-state index contributed by atoms with van der Waals surface area (Å²) in [7, 11) is 0. The predicted octanol–water partition coefficient (Wildman–Crippen LogP) is 2.38. The molecule has 2 rings (SSSR count). The van der Waals surface area contributed by atoms with Crippen molar-refractivity contribution in [2.45, 2.75) is 38.5 Å². The van der Waals surface area contributed by atoms with E-state index in [0.29, 0.717) is 18.7 Å². The van der Waals surface area contributed by atoms with Crippen LogP contribution in [0.3, 0.4) is 0 Å². The number of nitrogens with one attached hydrogen (secondary N) is 3. The van der Waals surface area contributed by atoms with Gasteiger partial charge in [-0.05, 0) is 37.1 Å². The van der Waals surface area contributed by atoms with Crippen LogP contribution in [0.1, 0.15) is 48.9 Å². The van der Waals surface area contributed by atoms with Gasteiger partial charge in [-0.1, -0.05) is 35.2 Å². The van der Waals surface area contributed by atoms with Crippen molar-refractivity contribution in [2.75, 3.05) is 19.6 Å². The van der Waals surface area contributed by atoms with Crippen molar-refractivity contribution in [2.24, 2.45) is 5.92 Å². The number of carbonyl (C=O) groups excluding carboxylic acids is 3. The standard InChI is InChI=1S/C19H26BrN3O3/c20-16-8-6-15(7-9-16)19(26)22-11-10-17(24)21-12-13-23-18(25)14-4-2-1-3-5-14/h6-9,14H,1-5,10-13H2,(H,21,24)(H,22,26)(H,23,25). The average Bonchev–Trinajstić information content (AvgIpc) is 2.66. The van der Waals surface area contributed by atoms with E-state index >= 15 is 0 Å². The molecule has 0 aromatic heterocycles. The van der Waals surface area contributed by atoms with Crippen LogP contribution in [-0.4, -0.2) is 37.4 Å². The van der Waals surface area contributed by atoms with Gasteiger partial charge in [-0.25, -0.2) is 0 Å². The lowest BCUT2D eigenvalue weighted by atomic mass is 9.89. The predicted molar refractivity (Wildman–Crippen MR) is 104 cm³/mol. The van der Waals surface area contributed by atoms with Gasteiger partial charge in [0.05, 0.1) is 0 Å². The Kier molecular flexibility index (Phi) is 8.61. The molecule has 7 heteroatoms. The van der Waals surface area contributed by atoms with Crippen LogP contribution in [0.5, 0.6) is 0 Å². The first-order chi connectivity index (χ1) is 12.6. The van der Waals surface area contributed by atoms with Crippen LogP contribution in [-0.2, 0) is 9.59 Å². The molecule has 1 aromatic carbocycles. The molecule has 1 aromatic rings. The van der Waals surface area contributed by atoms with Gasteiger partial charge >= 0.3 is 0 Å². The number of hydrogen-bond acceptors (Lipinski definition) is 3. The highest BCUT2D eigenvalue weighted by Gasteiger charge is 2.20. The van der Waals surface area contributed by atoms with E-state index in [2.05, 4.69) is 31.9 Å². The van der Waals surface area contributed by atoms with Crippen molar-refractivity contribution in [3.8, 4) is 0 Å². The largest absolute Gasteiger partial charge is 0.354 e. The quantitative estimate of drug-likeness (QED) is 0.560. The second-order valence-electron chi connectivity index (χ2n) is 6.49. The Morgan fingerprint density at radius 1 is 0.885 bits per heavy atom. The maximum Gasteiger partial charge on any atom is 0.251 e. The second-order valence-corrected chi connectivity index (χ2v) is 7.40. The van der Waals surface area contributed by atoms with Crippen molar-refractivity contribution in [1.82, 2.24) is 16.0 Å². The van der Waals surface area contributed by atoms with Crippen LogP contribution in [0, 0.1) is 5.92 Å². The number of halogens is 1. The van der Waals surface area contributed by atoms with Gasteiger partial charge in [-0.3, -0.25) is 14.4 Å². The van der Waals surface area contributed by atoms with E-state index in [1.54, 1.807) is 24.3 Å². The molecule has 0 saturated heterocycles. The van der Waals surface area contributed by atoms with Gasteiger partial charge in [0.2, 0.25) is 11.8 Å². The van der Waals surface area contributed by atoms with Crippen LogP contribution in [0.25, 0.3) is 0 Å². The zero-order chi connectivity index (χ0) is 18.8. The highest BCUT2D eigenvalue weighted by Crippen LogP contribution is 2.23. The summed E-state index contributed by atoms with van der Waals surface area (Å²) < 4.78 is 0.906. The van der Waals surface area contributed by atoms with E-state index in [1.807, 2.05) is 0 Å². The van der Waals surface area contributed by atoms with Crippen LogP contribution in [0.2, 0.25) is 0 Å². The number of hydrogen-bond donors (Lipinski definition) is 3. The third kappa shape index (κ3) is 7.15. The first-order valence-electron chi connectivity index (χ1n) is 9.14. The lowest BCUT2D eigenvalue weighted by Crippen LogP contribution is -2.38. The molecule has 1 aliphatic rings. The van der Waals surface area contributed by atoms with E-state index < -0.39 is 0 Å². The minimum Gasteiger partial charge on any atom is -0.354 e. The minimum atomic E-state index is -0.204. The molecule has 3 N–H and O–H groups in total. The Hall–Kier alpha value is -1.89. The first-order valence-corrected chi connectivity index (χ1v) is 9.94. The van der Waals surface area contributed by atoms with Gasteiger partial charge in [-0.2, -0.15) is 0 Å². The van der Waals surface area contributed by atoms with E-state index in [1.165, 1.54) is 6.42 Å². The van der Waals surface area contributed by atoms with E-state index in [4.69, 9.17) is 0 Å². The average molecular weight is 424 g/mol. The fourth-order valence-corrected chi connectivity index (χ4v) is 3.24. The van der Waals surface area contributed by atoms with Crippen molar-refractivity contribution in [3.63, 3.8) is 0 Å². The van der Waals surface area contributed by atoms with Crippen LogP contribution >= 0.6 is 15.9 Å². The molecule has 1 saturated carbocycles. The van der Waals surface area contributed by atoms with Crippen LogP contribution in [0.15, 0.2) is 28.7 Å². The third-order valence-electron chi connectivity index (χ3n) is 4.47. The van der Waals surface area contributed by atoms with Gasteiger partial charge < -0.3 is 16.0 Å². The highest BCUT2D eigenvalue weighted by atomic mass is 79.9. The maximum absolute atomic E-state index is 12.0. The Bertz CT molecular complexity index is 613. The number of amides is 3. The maximum atomic E-state index is 12.0. The third-order valence-corrected chi connectivity index (χ3v) is 5.00. The molecule has 0 bridgehead atoms. The van der Waals surface area contributed by atoms with E-state index in [-0.39, 0.29) is 36.6 Å². The fourth-order valence-electron chi connectivity index (χ4n) is 2.98. The van der Waals surface area contributed by atoms with Crippen molar-refractivity contribution < 1.29 is 14.4 Å². The van der Waals surface area contributed by atoms with Gasteiger partial charge in [0.1, 0.15) is 0 Å². The van der Waals surface area contributed by atoms with Crippen LogP contribution < -0.4 is 16.0 Å². The van der Waals surface area contributed by atoms with Gasteiger partial charge in [0.25, 0.3) is 5.91 Å². The van der Waals surface area contributed by atoms with Crippen molar-refractivity contribution in [1.29, 1.82) is 0 Å². The minimum absolute atomic E-state index is 0.0979. The molecule has 1 fully saturated rings. The number of rotatable bonds is 8. The molecule has 142 valence electrons. The summed E-state index contributed by atoms with van der Waals surface area (Å²) >= 11 is 3.32. The molecular formula is C19H26BrN3O3. The number of carbonyl (C=O) groups is 3. The fraction of sp³-hybridized carbons (Fsp3) is 0.526. The van der Waals surface area contributed by atoms with Crippen molar-refractivity contribution in [3.05, 3.63) is 34.3 Å². The Labute approximate surface area is 162 Å². The summed E-state index contributed by atoms with van der Waals surface area (Å²) in [6.45, 7) is 1.11. The van der Waals surface area contributed by atoms with E-state index in [9.17, 15) is 14.4 Å². The summed E-state index contributed by atoms with van der Waals surface area (Å²) in [5.41, 5.74) is 0.555. The second kappa shape index (κ2) is 11.0. The Morgan fingerprint density at radius 2 is 1.54 bits per heavy atom. The molecule has 0 spiro atoms. The van der Waals surface area contributed by atoms with Crippen molar-refractivity contribution >= 4 is 33.7 Å². The van der Waals surface area contributed by atoms with Gasteiger partial charge in [0.15, 0.2) is 0 Å². The zero-order valence-electron chi connectivity index (χ0n) is 14.9. The topological polar surface area (TPSA) is 87.3 Å². The molecule has 3 amide bonds. The molecule has 0 atom stereocenters. The molecular weight excluding hydrogens is 398 g/mol. The molecule has 0 heterocycles. The zero-order valence-corrected chi connectivity index (χ0v) is 16.4. The first kappa shape index (κ1) is 20.4. The molecule has 0 radical (unpaired) electrons.